The number of nitrogens with zero attached hydrogens (tertiary/aromatic N) is 4. The normalized spacial score (nSPS) is 15.0. The van der Waals surface area contributed by atoms with Gasteiger partial charge in [0.25, 0.3) is 11.5 Å². The van der Waals surface area contributed by atoms with E-state index in [0.717, 1.165) is 11.4 Å². The predicted molar refractivity (Wildman–Crippen MR) is 98.1 cm³/mol. The number of hydrogen-bond acceptors (Lipinski definition) is 4. The molecule has 1 atom stereocenters. The van der Waals surface area contributed by atoms with Crippen molar-refractivity contribution in [2.75, 3.05) is 6.54 Å². The second kappa shape index (κ2) is 7.07. The standard InChI is InChI=1S/C19H26N4O3/c1-5-16(24)15-10-14-11-21(7-8-23(14)20-15)18(25)17-12(3)9-13(4)22(6-2)19(17)26/h9-10,16,24H,5-8,11H2,1-4H3/t16-/m0/s1. The van der Waals surface area contributed by atoms with Gasteiger partial charge in [0.15, 0.2) is 0 Å². The van der Waals surface area contributed by atoms with Crippen molar-refractivity contribution in [3.05, 3.63) is 50.7 Å². The Morgan fingerprint density at radius 1 is 1.27 bits per heavy atom. The van der Waals surface area contributed by atoms with Crippen LogP contribution in [-0.4, -0.2) is 36.8 Å². The maximum absolute atomic E-state index is 13.1. The number of rotatable bonds is 4. The minimum atomic E-state index is -0.589. The summed E-state index contributed by atoms with van der Waals surface area (Å²) in [6.45, 7) is 9.48. The topological polar surface area (TPSA) is 80.4 Å². The van der Waals surface area contributed by atoms with E-state index < -0.39 is 6.10 Å². The lowest BCUT2D eigenvalue weighted by atomic mass is 10.1. The van der Waals surface area contributed by atoms with Gasteiger partial charge in [0, 0.05) is 18.8 Å². The Kier molecular flexibility index (Phi) is 5.00. The van der Waals surface area contributed by atoms with Crippen molar-refractivity contribution in [3.63, 3.8) is 0 Å². The number of hydrogen-bond donors (Lipinski definition) is 1. The summed E-state index contributed by atoms with van der Waals surface area (Å²) in [4.78, 5) is 27.5. The van der Waals surface area contributed by atoms with Gasteiger partial charge in [0.05, 0.1) is 30.6 Å². The molecule has 0 unspecified atom stereocenters. The maximum atomic E-state index is 13.1. The van der Waals surface area contributed by atoms with Crippen LogP contribution in [0.1, 0.15) is 59.4 Å². The first-order valence-corrected chi connectivity index (χ1v) is 9.12. The molecule has 1 N–H and O–H groups in total. The molecule has 0 bridgehead atoms. The van der Waals surface area contributed by atoms with Crippen molar-refractivity contribution in [2.24, 2.45) is 0 Å². The number of fused-ring (bicyclic) bond motifs is 1. The summed E-state index contributed by atoms with van der Waals surface area (Å²) >= 11 is 0. The van der Waals surface area contributed by atoms with Gasteiger partial charge in [-0.05, 0) is 44.9 Å². The zero-order chi connectivity index (χ0) is 19.0. The highest BCUT2D eigenvalue weighted by Crippen LogP contribution is 2.21. The molecule has 0 aromatic carbocycles. The quantitative estimate of drug-likeness (QED) is 0.903. The molecule has 0 saturated heterocycles. The van der Waals surface area contributed by atoms with Crippen molar-refractivity contribution in [1.29, 1.82) is 0 Å². The molecule has 3 heterocycles. The summed E-state index contributed by atoms with van der Waals surface area (Å²) in [7, 11) is 0. The van der Waals surface area contributed by atoms with Gasteiger partial charge in [-0.15, -0.1) is 0 Å². The monoisotopic (exact) mass is 358 g/mol. The molecular weight excluding hydrogens is 332 g/mol. The summed E-state index contributed by atoms with van der Waals surface area (Å²) < 4.78 is 3.47. The van der Waals surface area contributed by atoms with Crippen LogP contribution in [0.2, 0.25) is 0 Å². The fourth-order valence-corrected chi connectivity index (χ4v) is 3.57. The Balaban J connectivity index is 1.91. The Labute approximate surface area is 152 Å². The molecule has 1 amide bonds. The molecule has 2 aromatic rings. The van der Waals surface area contributed by atoms with Gasteiger partial charge in [-0.25, -0.2) is 0 Å². The lowest BCUT2D eigenvalue weighted by Gasteiger charge is -2.28. The summed E-state index contributed by atoms with van der Waals surface area (Å²) in [5.41, 5.74) is 3.12. The molecule has 0 saturated carbocycles. The van der Waals surface area contributed by atoms with Crippen molar-refractivity contribution in [3.8, 4) is 0 Å². The number of carbonyl (C=O) groups is 1. The van der Waals surface area contributed by atoms with Crippen LogP contribution in [0.5, 0.6) is 0 Å². The molecule has 1 aliphatic heterocycles. The second-order valence-corrected chi connectivity index (χ2v) is 6.83. The van der Waals surface area contributed by atoms with Gasteiger partial charge in [0.2, 0.25) is 0 Å². The first-order chi connectivity index (χ1) is 12.4. The van der Waals surface area contributed by atoms with Gasteiger partial charge in [-0.3, -0.25) is 14.3 Å². The number of aromatic nitrogens is 3. The third-order valence-corrected chi connectivity index (χ3v) is 5.07. The van der Waals surface area contributed by atoms with Crippen LogP contribution in [0.25, 0.3) is 0 Å². The largest absolute Gasteiger partial charge is 0.387 e. The first kappa shape index (κ1) is 18.4. The summed E-state index contributed by atoms with van der Waals surface area (Å²) in [6.07, 6.45) is 0.00597. The fourth-order valence-electron chi connectivity index (χ4n) is 3.57. The molecular formula is C19H26N4O3. The van der Waals surface area contributed by atoms with E-state index in [2.05, 4.69) is 5.10 Å². The van der Waals surface area contributed by atoms with Gasteiger partial charge in [-0.1, -0.05) is 6.92 Å². The molecule has 0 spiro atoms. The predicted octanol–water partition coefficient (Wildman–Crippen LogP) is 1.78. The number of amides is 1. The second-order valence-electron chi connectivity index (χ2n) is 6.83. The highest BCUT2D eigenvalue weighted by molar-refractivity contribution is 5.95. The third kappa shape index (κ3) is 3.07. The Hall–Kier alpha value is -2.41. The van der Waals surface area contributed by atoms with E-state index in [4.69, 9.17) is 0 Å². The third-order valence-electron chi connectivity index (χ3n) is 5.07. The minimum absolute atomic E-state index is 0.226. The number of pyridine rings is 1. The molecule has 3 rings (SSSR count). The highest BCUT2D eigenvalue weighted by atomic mass is 16.3. The van der Waals surface area contributed by atoms with E-state index in [-0.39, 0.29) is 17.0 Å². The zero-order valence-electron chi connectivity index (χ0n) is 15.8. The van der Waals surface area contributed by atoms with Gasteiger partial charge in [0.1, 0.15) is 5.56 Å². The van der Waals surface area contributed by atoms with E-state index in [1.807, 2.05) is 44.5 Å². The first-order valence-electron chi connectivity index (χ1n) is 9.12. The number of carbonyl (C=O) groups excluding carboxylic acids is 1. The van der Waals surface area contributed by atoms with Crippen LogP contribution < -0.4 is 5.56 Å². The molecule has 140 valence electrons. The lowest BCUT2D eigenvalue weighted by Crippen LogP contribution is -2.42. The summed E-state index contributed by atoms with van der Waals surface area (Å²) in [5, 5.41) is 14.4. The molecule has 2 aromatic heterocycles. The molecule has 0 radical (unpaired) electrons. The van der Waals surface area contributed by atoms with E-state index >= 15 is 0 Å². The molecule has 7 heteroatoms. The molecule has 26 heavy (non-hydrogen) atoms. The van der Waals surface area contributed by atoms with Crippen LogP contribution in [0, 0.1) is 13.8 Å². The number of aliphatic hydroxyl groups excluding tert-OH is 1. The molecule has 7 nitrogen and oxygen atoms in total. The van der Waals surface area contributed by atoms with Crippen LogP contribution >= 0.6 is 0 Å². The Morgan fingerprint density at radius 2 is 2.00 bits per heavy atom. The van der Waals surface area contributed by atoms with Gasteiger partial charge >= 0.3 is 0 Å². The zero-order valence-corrected chi connectivity index (χ0v) is 15.8. The molecule has 0 fully saturated rings. The lowest BCUT2D eigenvalue weighted by molar-refractivity contribution is 0.0702. The van der Waals surface area contributed by atoms with Crippen LogP contribution in [0.15, 0.2) is 16.9 Å². The summed E-state index contributed by atoms with van der Waals surface area (Å²) in [5.74, 6) is -0.236. The van der Waals surface area contributed by atoms with E-state index in [9.17, 15) is 14.7 Å². The number of aliphatic hydroxyl groups is 1. The molecule has 1 aliphatic rings. The summed E-state index contributed by atoms with van der Waals surface area (Å²) in [6, 6.07) is 3.74. The van der Waals surface area contributed by atoms with Crippen molar-refractivity contribution >= 4 is 5.91 Å². The van der Waals surface area contributed by atoms with Crippen LogP contribution in [-0.2, 0) is 19.6 Å². The molecule has 0 aliphatic carbocycles. The minimum Gasteiger partial charge on any atom is -0.387 e. The van der Waals surface area contributed by atoms with Gasteiger partial charge in [-0.2, -0.15) is 5.10 Å². The van der Waals surface area contributed by atoms with E-state index in [1.165, 1.54) is 0 Å². The van der Waals surface area contributed by atoms with Crippen LogP contribution in [0.3, 0.4) is 0 Å². The van der Waals surface area contributed by atoms with Gasteiger partial charge < -0.3 is 14.6 Å². The van der Waals surface area contributed by atoms with Crippen molar-refractivity contribution in [2.45, 2.75) is 59.9 Å². The fraction of sp³-hybridized carbons (Fsp3) is 0.526. The van der Waals surface area contributed by atoms with E-state index in [1.54, 1.807) is 9.47 Å². The van der Waals surface area contributed by atoms with Crippen molar-refractivity contribution < 1.29 is 9.90 Å². The van der Waals surface area contributed by atoms with Crippen molar-refractivity contribution in [1.82, 2.24) is 19.2 Å². The highest BCUT2D eigenvalue weighted by Gasteiger charge is 2.27. The average Bonchev–Trinajstić information content (AvgIpc) is 3.04. The SMILES string of the molecule is CC[C@H](O)c1cc2n(n1)CCN(C(=O)c1c(C)cc(C)n(CC)c1=O)C2. The number of aryl methyl sites for hydroxylation is 2. The van der Waals surface area contributed by atoms with Crippen LogP contribution in [0.4, 0.5) is 0 Å². The Morgan fingerprint density at radius 3 is 2.65 bits per heavy atom. The van der Waals surface area contributed by atoms with E-state index in [0.29, 0.717) is 43.9 Å². The Bertz CT molecular complexity index is 897. The smallest absolute Gasteiger partial charge is 0.263 e. The average molecular weight is 358 g/mol. The maximum Gasteiger partial charge on any atom is 0.263 e.